The van der Waals surface area contributed by atoms with Crippen LogP contribution in [0.3, 0.4) is 0 Å². The van der Waals surface area contributed by atoms with Crippen LogP contribution in [-0.2, 0) is 0 Å². The second kappa shape index (κ2) is 4.37. The van der Waals surface area contributed by atoms with Crippen LogP contribution in [0.15, 0.2) is 24.4 Å². The largest absolute Gasteiger partial charge is 0.476 e. The molecule has 0 unspecified atom stereocenters. The number of hydrogen-bond acceptors (Lipinski definition) is 3. The van der Waals surface area contributed by atoms with Crippen molar-refractivity contribution in [1.29, 1.82) is 0 Å². The van der Waals surface area contributed by atoms with E-state index in [2.05, 4.69) is 4.98 Å². The van der Waals surface area contributed by atoms with Crippen molar-refractivity contribution in [2.45, 2.75) is 0 Å². The molecule has 4 nitrogen and oxygen atoms in total. The van der Waals surface area contributed by atoms with Crippen molar-refractivity contribution in [3.8, 4) is 0 Å². The van der Waals surface area contributed by atoms with E-state index in [-0.39, 0.29) is 5.69 Å². The number of nitrogens with zero attached hydrogens (tertiary/aromatic N) is 1. The van der Waals surface area contributed by atoms with Crippen LogP contribution in [0.1, 0.15) is 16.1 Å². The molecular formula is C9H10N2O2. The fraction of sp³-hybridized carbons (Fsp3) is 0.111. The maximum absolute atomic E-state index is 10.7. The highest BCUT2D eigenvalue weighted by Gasteiger charge is 2.07. The topological polar surface area (TPSA) is 76.2 Å². The molecule has 1 heterocycles. The van der Waals surface area contributed by atoms with Gasteiger partial charge in [-0.3, -0.25) is 0 Å². The third kappa shape index (κ3) is 2.38. The minimum atomic E-state index is -1.03. The Morgan fingerprint density at radius 2 is 2.46 bits per heavy atom. The van der Waals surface area contributed by atoms with Gasteiger partial charge in [-0.25, -0.2) is 9.78 Å². The second-order valence-corrected chi connectivity index (χ2v) is 2.38. The first kappa shape index (κ1) is 9.41. The first-order chi connectivity index (χ1) is 6.25. The zero-order valence-corrected chi connectivity index (χ0v) is 6.97. The summed E-state index contributed by atoms with van der Waals surface area (Å²) in [7, 11) is 0. The smallest absolute Gasteiger partial charge is 0.355 e. The fourth-order valence-electron chi connectivity index (χ4n) is 0.926. The molecule has 0 aliphatic carbocycles. The van der Waals surface area contributed by atoms with E-state index in [1.807, 2.05) is 0 Å². The van der Waals surface area contributed by atoms with Gasteiger partial charge in [0, 0.05) is 18.3 Å². The molecular weight excluding hydrogens is 168 g/mol. The lowest BCUT2D eigenvalue weighted by Crippen LogP contribution is -2.02. The van der Waals surface area contributed by atoms with Crippen LogP contribution >= 0.6 is 0 Å². The lowest BCUT2D eigenvalue weighted by molar-refractivity contribution is 0.0690. The van der Waals surface area contributed by atoms with E-state index in [1.54, 1.807) is 24.3 Å². The Hall–Kier alpha value is -1.68. The summed E-state index contributed by atoms with van der Waals surface area (Å²) in [6.07, 6.45) is 4.78. The van der Waals surface area contributed by atoms with Crippen LogP contribution in [-0.4, -0.2) is 22.6 Å². The fourth-order valence-corrected chi connectivity index (χ4v) is 0.926. The van der Waals surface area contributed by atoms with E-state index in [0.717, 1.165) is 0 Å². The summed E-state index contributed by atoms with van der Waals surface area (Å²) in [5, 5.41) is 8.74. The molecule has 68 valence electrons. The molecule has 0 amide bonds. The summed E-state index contributed by atoms with van der Waals surface area (Å²) >= 11 is 0. The third-order valence-electron chi connectivity index (χ3n) is 1.47. The molecule has 0 aliphatic heterocycles. The van der Waals surface area contributed by atoms with Gasteiger partial charge in [0.25, 0.3) is 0 Å². The number of carboxylic acids is 1. The van der Waals surface area contributed by atoms with E-state index in [4.69, 9.17) is 10.8 Å². The SMILES string of the molecule is NCC=Cc1cccnc1C(=O)O. The number of rotatable bonds is 3. The first-order valence-electron chi connectivity index (χ1n) is 3.80. The van der Waals surface area contributed by atoms with Crippen molar-refractivity contribution < 1.29 is 9.90 Å². The summed E-state index contributed by atoms with van der Waals surface area (Å²) < 4.78 is 0. The van der Waals surface area contributed by atoms with E-state index in [1.165, 1.54) is 6.20 Å². The summed E-state index contributed by atoms with van der Waals surface area (Å²) in [4.78, 5) is 14.4. The van der Waals surface area contributed by atoms with Crippen molar-refractivity contribution in [3.63, 3.8) is 0 Å². The highest BCUT2D eigenvalue weighted by molar-refractivity contribution is 5.89. The molecule has 13 heavy (non-hydrogen) atoms. The molecule has 4 heteroatoms. The maximum Gasteiger partial charge on any atom is 0.355 e. The molecule has 1 aromatic heterocycles. The van der Waals surface area contributed by atoms with Crippen molar-refractivity contribution in [3.05, 3.63) is 35.7 Å². The van der Waals surface area contributed by atoms with Crippen molar-refractivity contribution in [2.24, 2.45) is 5.73 Å². The van der Waals surface area contributed by atoms with Gasteiger partial charge < -0.3 is 10.8 Å². The zero-order chi connectivity index (χ0) is 9.68. The molecule has 0 saturated carbocycles. The number of aromatic nitrogens is 1. The van der Waals surface area contributed by atoms with Gasteiger partial charge in [-0.05, 0) is 6.07 Å². The average Bonchev–Trinajstić information content (AvgIpc) is 2.15. The Morgan fingerprint density at radius 1 is 1.69 bits per heavy atom. The lowest BCUT2D eigenvalue weighted by atomic mass is 10.2. The normalized spacial score (nSPS) is 10.5. The van der Waals surface area contributed by atoms with Crippen LogP contribution in [0.5, 0.6) is 0 Å². The number of pyridine rings is 1. The van der Waals surface area contributed by atoms with Gasteiger partial charge in [-0.2, -0.15) is 0 Å². The summed E-state index contributed by atoms with van der Waals surface area (Å²) in [6.45, 7) is 0.383. The Balaban J connectivity index is 3.05. The number of nitrogens with two attached hydrogens (primary N) is 1. The van der Waals surface area contributed by atoms with Gasteiger partial charge in [0.1, 0.15) is 0 Å². The van der Waals surface area contributed by atoms with Gasteiger partial charge in [0.05, 0.1) is 0 Å². The van der Waals surface area contributed by atoms with Crippen LogP contribution < -0.4 is 5.73 Å². The molecule has 0 atom stereocenters. The number of hydrogen-bond donors (Lipinski definition) is 2. The first-order valence-corrected chi connectivity index (χ1v) is 3.80. The molecule has 0 bridgehead atoms. The quantitative estimate of drug-likeness (QED) is 0.716. The van der Waals surface area contributed by atoms with Gasteiger partial charge >= 0.3 is 5.97 Å². The second-order valence-electron chi connectivity index (χ2n) is 2.38. The van der Waals surface area contributed by atoms with Crippen molar-refractivity contribution in [1.82, 2.24) is 4.98 Å². The van der Waals surface area contributed by atoms with E-state index >= 15 is 0 Å². The number of carbonyl (C=O) groups is 1. The van der Waals surface area contributed by atoms with Crippen LogP contribution in [0.4, 0.5) is 0 Å². The highest BCUT2D eigenvalue weighted by atomic mass is 16.4. The standard InChI is InChI=1S/C9H10N2O2/c10-5-1-3-7-4-2-6-11-8(7)9(12)13/h1-4,6H,5,10H2,(H,12,13). The van der Waals surface area contributed by atoms with Gasteiger partial charge in [0.15, 0.2) is 5.69 Å². The number of carboxylic acid groups (broad SMARTS) is 1. The molecule has 0 aromatic carbocycles. The lowest BCUT2D eigenvalue weighted by Gasteiger charge is -1.97. The van der Waals surface area contributed by atoms with E-state index < -0.39 is 5.97 Å². The van der Waals surface area contributed by atoms with Gasteiger partial charge in [-0.1, -0.05) is 18.2 Å². The minimum Gasteiger partial charge on any atom is -0.476 e. The molecule has 0 saturated heterocycles. The van der Waals surface area contributed by atoms with Crippen LogP contribution in [0, 0.1) is 0 Å². The monoisotopic (exact) mass is 178 g/mol. The average molecular weight is 178 g/mol. The Labute approximate surface area is 75.7 Å². The molecule has 0 radical (unpaired) electrons. The number of aromatic carboxylic acids is 1. The molecule has 0 fully saturated rings. The molecule has 0 spiro atoms. The van der Waals surface area contributed by atoms with Crippen molar-refractivity contribution >= 4 is 12.0 Å². The highest BCUT2D eigenvalue weighted by Crippen LogP contribution is 2.06. The molecule has 1 aromatic rings. The molecule has 3 N–H and O–H groups in total. The zero-order valence-electron chi connectivity index (χ0n) is 6.97. The summed E-state index contributed by atoms with van der Waals surface area (Å²) in [6, 6.07) is 3.37. The van der Waals surface area contributed by atoms with E-state index in [0.29, 0.717) is 12.1 Å². The molecule has 0 aliphatic rings. The summed E-state index contributed by atoms with van der Waals surface area (Å²) in [5.41, 5.74) is 5.87. The predicted octanol–water partition coefficient (Wildman–Crippen LogP) is 0.752. The molecule has 1 rings (SSSR count). The van der Waals surface area contributed by atoms with E-state index in [9.17, 15) is 4.79 Å². The minimum absolute atomic E-state index is 0.0483. The third-order valence-corrected chi connectivity index (χ3v) is 1.47. The van der Waals surface area contributed by atoms with Crippen LogP contribution in [0.25, 0.3) is 6.08 Å². The summed E-state index contributed by atoms with van der Waals surface area (Å²) in [5.74, 6) is -1.03. The van der Waals surface area contributed by atoms with Gasteiger partial charge in [0.2, 0.25) is 0 Å². The Kier molecular flexibility index (Phi) is 3.16. The van der Waals surface area contributed by atoms with Crippen molar-refractivity contribution in [2.75, 3.05) is 6.54 Å². The predicted molar refractivity (Wildman–Crippen MR) is 49.3 cm³/mol. The van der Waals surface area contributed by atoms with Gasteiger partial charge in [-0.15, -0.1) is 0 Å². The Bertz CT molecular complexity index is 334. The Morgan fingerprint density at radius 3 is 3.08 bits per heavy atom. The maximum atomic E-state index is 10.7. The van der Waals surface area contributed by atoms with Crippen LogP contribution in [0.2, 0.25) is 0 Å².